The van der Waals surface area contributed by atoms with Gasteiger partial charge in [-0.05, 0) is 17.7 Å². The number of aromatic nitrogens is 1. The normalized spacial score (nSPS) is 14.0. The van der Waals surface area contributed by atoms with Gasteiger partial charge in [0.15, 0.2) is 0 Å². The summed E-state index contributed by atoms with van der Waals surface area (Å²) in [6.45, 7) is 0. The van der Waals surface area contributed by atoms with Crippen molar-refractivity contribution in [3.05, 3.63) is 40.2 Å². The van der Waals surface area contributed by atoms with E-state index < -0.39 is 0 Å². The third kappa shape index (κ3) is 1.15. The second-order valence-electron chi connectivity index (χ2n) is 3.61. The number of rotatable bonds is 0. The lowest BCUT2D eigenvalue weighted by Crippen LogP contribution is -2.21. The minimum Gasteiger partial charge on any atom is -0.325 e. The average molecular weight is 200 g/mol. The Morgan fingerprint density at radius 1 is 1.20 bits per heavy atom. The summed E-state index contributed by atoms with van der Waals surface area (Å²) < 4.78 is 0. The van der Waals surface area contributed by atoms with Gasteiger partial charge >= 0.3 is 0 Å². The first-order valence-corrected chi connectivity index (χ1v) is 4.69. The third-order valence-corrected chi connectivity index (χ3v) is 2.57. The van der Waals surface area contributed by atoms with Gasteiger partial charge < -0.3 is 10.3 Å². The zero-order chi connectivity index (χ0) is 10.4. The number of hydrogen-bond donors (Lipinski definition) is 2. The highest BCUT2D eigenvalue weighted by atomic mass is 16.1. The molecule has 2 aromatic rings. The average Bonchev–Trinajstić information content (AvgIpc) is 2.16. The fourth-order valence-electron chi connectivity index (χ4n) is 2.01. The monoisotopic (exact) mass is 200 g/mol. The number of carbonyl (C=O) groups excluding carboxylic acids is 1. The molecule has 3 rings (SSSR count). The van der Waals surface area contributed by atoms with Crippen LogP contribution < -0.4 is 10.9 Å². The molecule has 1 aliphatic heterocycles. The Bertz CT molecular complexity index is 628. The Morgan fingerprint density at radius 2 is 2.07 bits per heavy atom. The van der Waals surface area contributed by atoms with Crippen molar-refractivity contribution in [1.29, 1.82) is 0 Å². The smallest absolute Gasteiger partial charge is 0.248 e. The zero-order valence-electron chi connectivity index (χ0n) is 7.83. The molecule has 0 atom stereocenters. The van der Waals surface area contributed by atoms with Gasteiger partial charge in [-0.15, -0.1) is 0 Å². The molecule has 1 amide bonds. The van der Waals surface area contributed by atoms with Gasteiger partial charge in [0.2, 0.25) is 11.5 Å². The first-order chi connectivity index (χ1) is 7.24. The molecule has 0 aliphatic carbocycles. The van der Waals surface area contributed by atoms with Crippen LogP contribution in [-0.2, 0) is 11.2 Å². The molecule has 0 unspecified atom stereocenters. The maximum absolute atomic E-state index is 11.4. The Balaban J connectivity index is 2.50. The highest BCUT2D eigenvalue weighted by Crippen LogP contribution is 2.28. The summed E-state index contributed by atoms with van der Waals surface area (Å²) in [5, 5.41) is 3.72. The molecule has 2 heterocycles. The second kappa shape index (κ2) is 2.70. The van der Waals surface area contributed by atoms with E-state index in [9.17, 15) is 9.59 Å². The van der Waals surface area contributed by atoms with Crippen molar-refractivity contribution in [1.82, 2.24) is 4.98 Å². The van der Waals surface area contributed by atoms with Crippen LogP contribution in [0.2, 0.25) is 0 Å². The molecule has 0 bridgehead atoms. The summed E-state index contributed by atoms with van der Waals surface area (Å²) in [5.74, 6) is -0.0689. The first kappa shape index (κ1) is 8.23. The summed E-state index contributed by atoms with van der Waals surface area (Å²) in [6, 6.07) is 6.97. The fraction of sp³-hybridized carbons (Fsp3) is 0.0909. The van der Waals surface area contributed by atoms with E-state index in [4.69, 9.17) is 0 Å². The molecule has 1 aromatic heterocycles. The van der Waals surface area contributed by atoms with E-state index in [0.717, 1.165) is 22.2 Å². The first-order valence-electron chi connectivity index (χ1n) is 4.69. The number of aromatic amines is 1. The van der Waals surface area contributed by atoms with E-state index in [-0.39, 0.29) is 17.9 Å². The van der Waals surface area contributed by atoms with Crippen LogP contribution in [0.1, 0.15) is 5.56 Å². The number of nitrogens with one attached hydrogen (secondary N) is 2. The molecule has 4 heteroatoms. The second-order valence-corrected chi connectivity index (χ2v) is 3.61. The van der Waals surface area contributed by atoms with Gasteiger partial charge in [-0.3, -0.25) is 9.59 Å². The molecule has 1 aliphatic rings. The molecule has 0 saturated heterocycles. The number of carbonyl (C=O) groups is 1. The summed E-state index contributed by atoms with van der Waals surface area (Å²) in [4.78, 5) is 25.4. The summed E-state index contributed by atoms with van der Waals surface area (Å²) in [5.41, 5.74) is 2.18. The molecule has 0 saturated carbocycles. The molecule has 0 spiro atoms. The third-order valence-electron chi connectivity index (χ3n) is 2.57. The van der Waals surface area contributed by atoms with Crippen LogP contribution >= 0.6 is 0 Å². The van der Waals surface area contributed by atoms with Crippen LogP contribution in [0.5, 0.6) is 0 Å². The quantitative estimate of drug-likeness (QED) is 0.667. The van der Waals surface area contributed by atoms with Crippen LogP contribution in [0.15, 0.2) is 29.1 Å². The SMILES string of the molecule is O=C1Cc2cc(=O)[nH]c3cccc(c23)N1. The molecule has 0 radical (unpaired) electrons. The van der Waals surface area contributed by atoms with Gasteiger partial charge in [0.25, 0.3) is 0 Å². The Labute approximate surface area is 84.9 Å². The summed E-state index contributed by atoms with van der Waals surface area (Å²) in [6.07, 6.45) is 0.275. The largest absolute Gasteiger partial charge is 0.325 e. The van der Waals surface area contributed by atoms with Crippen LogP contribution in [0.4, 0.5) is 5.69 Å². The number of pyridine rings is 1. The molecule has 15 heavy (non-hydrogen) atoms. The Morgan fingerprint density at radius 3 is 2.93 bits per heavy atom. The van der Waals surface area contributed by atoms with Crippen molar-refractivity contribution in [2.24, 2.45) is 0 Å². The fourth-order valence-corrected chi connectivity index (χ4v) is 2.01. The maximum Gasteiger partial charge on any atom is 0.248 e. The van der Waals surface area contributed by atoms with Crippen molar-refractivity contribution in [2.45, 2.75) is 6.42 Å². The van der Waals surface area contributed by atoms with Gasteiger partial charge in [-0.25, -0.2) is 0 Å². The number of H-pyrrole nitrogens is 1. The van der Waals surface area contributed by atoms with Gasteiger partial charge in [0.1, 0.15) is 0 Å². The molecule has 2 N–H and O–H groups in total. The predicted octanol–water partition coefficient (Wildman–Crippen LogP) is 1.02. The van der Waals surface area contributed by atoms with E-state index in [1.54, 1.807) is 0 Å². The summed E-state index contributed by atoms with van der Waals surface area (Å²) >= 11 is 0. The van der Waals surface area contributed by atoms with Crippen LogP contribution in [-0.4, -0.2) is 10.9 Å². The highest BCUT2D eigenvalue weighted by Gasteiger charge is 2.17. The van der Waals surface area contributed by atoms with Crippen LogP contribution in [0.3, 0.4) is 0 Å². The topological polar surface area (TPSA) is 62.0 Å². The van der Waals surface area contributed by atoms with E-state index in [0.29, 0.717) is 0 Å². The van der Waals surface area contributed by atoms with Crippen molar-refractivity contribution in [3.63, 3.8) is 0 Å². The van der Waals surface area contributed by atoms with Gasteiger partial charge in [-0.1, -0.05) is 6.07 Å². The van der Waals surface area contributed by atoms with Crippen LogP contribution in [0.25, 0.3) is 10.9 Å². The molecular weight excluding hydrogens is 192 g/mol. The number of anilines is 1. The van der Waals surface area contributed by atoms with Crippen molar-refractivity contribution in [3.8, 4) is 0 Å². The van der Waals surface area contributed by atoms with Crippen molar-refractivity contribution in [2.75, 3.05) is 5.32 Å². The molecule has 4 nitrogen and oxygen atoms in total. The van der Waals surface area contributed by atoms with Crippen molar-refractivity contribution >= 4 is 22.5 Å². The number of hydrogen-bond acceptors (Lipinski definition) is 2. The van der Waals surface area contributed by atoms with Crippen molar-refractivity contribution < 1.29 is 4.79 Å². The molecule has 74 valence electrons. The van der Waals surface area contributed by atoms with Gasteiger partial charge in [0.05, 0.1) is 17.6 Å². The Hall–Kier alpha value is -2.10. The van der Waals surface area contributed by atoms with Gasteiger partial charge in [-0.2, -0.15) is 0 Å². The van der Waals surface area contributed by atoms with Crippen LogP contribution in [0, 0.1) is 0 Å². The van der Waals surface area contributed by atoms with E-state index >= 15 is 0 Å². The van der Waals surface area contributed by atoms with Gasteiger partial charge in [0, 0.05) is 11.5 Å². The van der Waals surface area contributed by atoms with E-state index in [1.165, 1.54) is 6.07 Å². The highest BCUT2D eigenvalue weighted by molar-refractivity contribution is 6.08. The minimum atomic E-state index is -0.163. The van der Waals surface area contributed by atoms with E-state index in [1.807, 2.05) is 18.2 Å². The maximum atomic E-state index is 11.4. The number of amides is 1. The lowest BCUT2D eigenvalue weighted by molar-refractivity contribution is -0.115. The standard InChI is InChI=1S/C11H8N2O2/c14-9-4-6-5-10(15)13-8-3-1-2-7(12-9)11(6)8/h1-4H,5H2,(H,12,14)(H,13,15). The predicted molar refractivity (Wildman–Crippen MR) is 56.9 cm³/mol. The molecule has 0 fully saturated rings. The lowest BCUT2D eigenvalue weighted by atomic mass is 10.0. The molecular formula is C11H8N2O2. The minimum absolute atomic E-state index is 0.0689. The number of benzene rings is 1. The Kier molecular flexibility index (Phi) is 1.48. The van der Waals surface area contributed by atoms with E-state index in [2.05, 4.69) is 10.3 Å². The lowest BCUT2D eigenvalue weighted by Gasteiger charge is -2.16. The molecule has 1 aromatic carbocycles. The summed E-state index contributed by atoms with van der Waals surface area (Å²) in [7, 11) is 0. The zero-order valence-corrected chi connectivity index (χ0v) is 7.83.